The summed E-state index contributed by atoms with van der Waals surface area (Å²) in [7, 11) is 0. The number of halogens is 1. The summed E-state index contributed by atoms with van der Waals surface area (Å²) in [6.45, 7) is 2.96. The minimum absolute atomic E-state index is 0.000912. The number of imidazole rings is 1. The Hall–Kier alpha value is -2.22. The van der Waals surface area contributed by atoms with Crippen LogP contribution in [0.25, 0.3) is 0 Å². The van der Waals surface area contributed by atoms with Crippen LogP contribution in [0.4, 0.5) is 11.5 Å². The molecule has 0 aromatic carbocycles. The molecule has 0 radical (unpaired) electrons. The first-order chi connectivity index (χ1) is 10.1. The second-order valence-electron chi connectivity index (χ2n) is 4.47. The highest BCUT2D eigenvalue weighted by Gasteiger charge is 2.21. The summed E-state index contributed by atoms with van der Waals surface area (Å²) in [6.07, 6.45) is 7.15. The molecular weight excluding hydrogens is 296 g/mol. The van der Waals surface area contributed by atoms with Crippen LogP contribution in [0.5, 0.6) is 0 Å². The fraction of sp³-hybridized carbons (Fsp3) is 0.417. The van der Waals surface area contributed by atoms with Gasteiger partial charge in [-0.3, -0.25) is 10.1 Å². The summed E-state index contributed by atoms with van der Waals surface area (Å²) in [5.41, 5.74) is 0.120. The molecule has 112 valence electrons. The molecule has 0 bridgehead atoms. The number of nitrogens with one attached hydrogen (secondary N) is 1. The zero-order valence-corrected chi connectivity index (χ0v) is 12.2. The zero-order chi connectivity index (χ0) is 15.2. The number of nitro groups is 1. The van der Waals surface area contributed by atoms with E-state index in [9.17, 15) is 10.1 Å². The first-order valence-electron chi connectivity index (χ1n) is 6.46. The molecule has 21 heavy (non-hydrogen) atoms. The Morgan fingerprint density at radius 1 is 1.43 bits per heavy atom. The Morgan fingerprint density at radius 3 is 2.90 bits per heavy atom. The van der Waals surface area contributed by atoms with E-state index >= 15 is 0 Å². The van der Waals surface area contributed by atoms with Gasteiger partial charge in [-0.05, 0) is 31.4 Å². The lowest BCUT2D eigenvalue weighted by molar-refractivity contribution is -0.385. The fourth-order valence-electron chi connectivity index (χ4n) is 1.92. The lowest BCUT2D eigenvalue weighted by Gasteiger charge is -2.08. The third kappa shape index (κ3) is 4.12. The monoisotopic (exact) mass is 310 g/mol. The maximum Gasteiger partial charge on any atom is 0.332 e. The van der Waals surface area contributed by atoms with Crippen molar-refractivity contribution in [1.82, 2.24) is 19.5 Å². The van der Waals surface area contributed by atoms with Crippen LogP contribution in [-0.4, -0.2) is 31.0 Å². The zero-order valence-electron chi connectivity index (χ0n) is 11.5. The molecule has 1 N–H and O–H groups in total. The molecule has 0 saturated carbocycles. The summed E-state index contributed by atoms with van der Waals surface area (Å²) in [5, 5.41) is 14.0. The fourth-order valence-corrected chi connectivity index (χ4v) is 2.13. The van der Waals surface area contributed by atoms with E-state index in [1.54, 1.807) is 12.5 Å². The van der Waals surface area contributed by atoms with E-state index in [1.165, 1.54) is 6.92 Å². The minimum Gasteiger partial charge on any atom is -0.364 e. The second-order valence-corrected chi connectivity index (χ2v) is 4.80. The van der Waals surface area contributed by atoms with Crippen LogP contribution in [0.1, 0.15) is 18.5 Å². The lowest BCUT2D eigenvalue weighted by atomic mass is 10.3. The molecule has 0 aliphatic carbocycles. The predicted molar refractivity (Wildman–Crippen MR) is 78.4 cm³/mol. The summed E-state index contributed by atoms with van der Waals surface area (Å²) in [6, 6.07) is 0. The number of hydrogen-bond donors (Lipinski definition) is 1. The van der Waals surface area contributed by atoms with E-state index in [0.717, 1.165) is 19.4 Å². The highest BCUT2D eigenvalue weighted by molar-refractivity contribution is 6.28. The molecule has 8 nitrogen and oxygen atoms in total. The third-order valence-electron chi connectivity index (χ3n) is 2.91. The van der Waals surface area contributed by atoms with Gasteiger partial charge in [-0.1, -0.05) is 0 Å². The van der Waals surface area contributed by atoms with Crippen LogP contribution in [0.3, 0.4) is 0 Å². The maximum absolute atomic E-state index is 11.0. The smallest absolute Gasteiger partial charge is 0.332 e. The minimum atomic E-state index is -0.501. The van der Waals surface area contributed by atoms with Crippen molar-refractivity contribution in [2.75, 3.05) is 11.9 Å². The molecule has 2 rings (SSSR count). The van der Waals surface area contributed by atoms with Crippen LogP contribution in [-0.2, 0) is 6.54 Å². The van der Waals surface area contributed by atoms with Gasteiger partial charge in [0.25, 0.3) is 0 Å². The molecule has 2 aromatic heterocycles. The van der Waals surface area contributed by atoms with Crippen molar-refractivity contribution in [1.29, 1.82) is 0 Å². The predicted octanol–water partition coefficient (Wildman–Crippen LogP) is 2.44. The average Bonchev–Trinajstić information content (AvgIpc) is 2.90. The van der Waals surface area contributed by atoms with Gasteiger partial charge in [0.05, 0.1) is 11.3 Å². The second kappa shape index (κ2) is 6.98. The molecule has 9 heteroatoms. The van der Waals surface area contributed by atoms with Crippen LogP contribution >= 0.6 is 11.6 Å². The summed E-state index contributed by atoms with van der Waals surface area (Å²) >= 11 is 5.74. The molecule has 0 aliphatic rings. The van der Waals surface area contributed by atoms with Gasteiger partial charge < -0.3 is 9.88 Å². The highest BCUT2D eigenvalue weighted by Crippen LogP contribution is 2.26. The molecule has 0 amide bonds. The van der Waals surface area contributed by atoms with Crippen molar-refractivity contribution in [2.45, 2.75) is 26.3 Å². The van der Waals surface area contributed by atoms with Crippen LogP contribution in [0.15, 0.2) is 18.7 Å². The number of nitrogens with zero attached hydrogens (tertiary/aromatic N) is 5. The first kappa shape index (κ1) is 15.2. The molecular formula is C12H15ClN6O2. The average molecular weight is 311 g/mol. The van der Waals surface area contributed by atoms with Crippen LogP contribution < -0.4 is 5.32 Å². The molecule has 2 aromatic rings. The van der Waals surface area contributed by atoms with Crippen LogP contribution in [0.2, 0.25) is 5.28 Å². The number of rotatable bonds is 7. The number of anilines is 1. The maximum atomic E-state index is 11.0. The summed E-state index contributed by atoms with van der Waals surface area (Å²) in [5.74, 6) is 0.167. The van der Waals surface area contributed by atoms with E-state index in [0.29, 0.717) is 6.54 Å². The van der Waals surface area contributed by atoms with Crippen molar-refractivity contribution in [3.8, 4) is 0 Å². The van der Waals surface area contributed by atoms with Gasteiger partial charge in [-0.2, -0.15) is 4.98 Å². The van der Waals surface area contributed by atoms with E-state index < -0.39 is 4.92 Å². The third-order valence-corrected chi connectivity index (χ3v) is 3.08. The molecule has 2 heterocycles. The summed E-state index contributed by atoms with van der Waals surface area (Å²) < 4.78 is 1.98. The number of hydrogen-bond acceptors (Lipinski definition) is 6. The SMILES string of the molecule is Cc1nc(Cl)nc(NCCCCn2ccnc2)c1[N+](=O)[O-]. The van der Waals surface area contributed by atoms with Crippen molar-refractivity contribution in [3.63, 3.8) is 0 Å². The largest absolute Gasteiger partial charge is 0.364 e. The van der Waals surface area contributed by atoms with Gasteiger partial charge in [0.15, 0.2) is 0 Å². The Morgan fingerprint density at radius 2 is 2.24 bits per heavy atom. The molecule has 0 fully saturated rings. The lowest BCUT2D eigenvalue weighted by Crippen LogP contribution is -2.09. The van der Waals surface area contributed by atoms with Gasteiger partial charge in [0, 0.05) is 25.5 Å². The van der Waals surface area contributed by atoms with Crippen molar-refractivity contribution >= 4 is 23.1 Å². The Kier molecular flexibility index (Phi) is 5.04. The quantitative estimate of drug-likeness (QED) is 0.365. The van der Waals surface area contributed by atoms with Gasteiger partial charge in [0.2, 0.25) is 11.1 Å². The molecule has 0 saturated heterocycles. The molecule has 0 spiro atoms. The van der Waals surface area contributed by atoms with E-state index in [-0.39, 0.29) is 22.5 Å². The highest BCUT2D eigenvalue weighted by atomic mass is 35.5. The van der Waals surface area contributed by atoms with Crippen molar-refractivity contribution in [3.05, 3.63) is 39.8 Å². The normalized spacial score (nSPS) is 10.6. The van der Waals surface area contributed by atoms with E-state index in [2.05, 4.69) is 20.3 Å². The van der Waals surface area contributed by atoms with Crippen LogP contribution in [0, 0.1) is 17.0 Å². The van der Waals surface area contributed by atoms with Crippen molar-refractivity contribution in [2.24, 2.45) is 0 Å². The van der Waals surface area contributed by atoms with Crippen molar-refractivity contribution < 1.29 is 4.92 Å². The standard InChI is InChI=1S/C12H15ClN6O2/c1-9-10(19(20)21)11(17-12(13)16-9)15-4-2-3-6-18-7-5-14-8-18/h5,7-8H,2-4,6H2,1H3,(H,15,16,17). The summed E-state index contributed by atoms with van der Waals surface area (Å²) in [4.78, 5) is 22.2. The van der Waals surface area contributed by atoms with E-state index in [1.807, 2.05) is 10.8 Å². The number of unbranched alkanes of at least 4 members (excludes halogenated alkanes) is 1. The van der Waals surface area contributed by atoms with Gasteiger partial charge in [-0.25, -0.2) is 9.97 Å². The Bertz CT molecular complexity index is 616. The Labute approximate surface area is 126 Å². The molecule has 0 unspecified atom stereocenters. The molecule has 0 aliphatic heterocycles. The van der Waals surface area contributed by atoms with Gasteiger partial charge >= 0.3 is 5.69 Å². The van der Waals surface area contributed by atoms with E-state index in [4.69, 9.17) is 11.6 Å². The Balaban J connectivity index is 1.89. The number of aryl methyl sites for hydroxylation is 2. The van der Waals surface area contributed by atoms with Gasteiger partial charge in [-0.15, -0.1) is 0 Å². The first-order valence-corrected chi connectivity index (χ1v) is 6.84. The topological polar surface area (TPSA) is 98.8 Å². The molecule has 0 atom stereocenters. The number of aromatic nitrogens is 4. The van der Waals surface area contributed by atoms with Gasteiger partial charge in [0.1, 0.15) is 5.69 Å².